The van der Waals surface area contributed by atoms with Crippen LogP contribution in [-0.4, -0.2) is 25.2 Å². The molecule has 0 aliphatic carbocycles. The van der Waals surface area contributed by atoms with E-state index in [1.165, 1.54) is 0 Å². The van der Waals surface area contributed by atoms with Crippen LogP contribution < -0.4 is 0 Å². The van der Waals surface area contributed by atoms with Gasteiger partial charge in [-0.3, -0.25) is 9.59 Å². The Morgan fingerprint density at radius 1 is 0.870 bits per heavy atom. The first-order valence-corrected chi connectivity index (χ1v) is 8.17. The summed E-state index contributed by atoms with van der Waals surface area (Å²) in [5.74, 6) is 0.0878. The molecule has 1 aromatic rings. The number of esters is 2. The van der Waals surface area contributed by atoms with Crippen LogP contribution in [0.2, 0.25) is 0 Å². The monoisotopic (exact) mass is 320 g/mol. The first-order valence-electron chi connectivity index (χ1n) is 8.17. The van der Waals surface area contributed by atoms with Crippen molar-refractivity contribution in [3.8, 4) is 0 Å². The van der Waals surface area contributed by atoms with E-state index in [4.69, 9.17) is 9.47 Å². The SMILES string of the molecule is Cc1ccc(CC(=O)OCC(C)C)c(CC(=O)OCC(C)C)c1. The zero-order valence-corrected chi connectivity index (χ0v) is 14.8. The number of hydrogen-bond acceptors (Lipinski definition) is 4. The molecule has 4 nitrogen and oxygen atoms in total. The summed E-state index contributed by atoms with van der Waals surface area (Å²) in [6, 6.07) is 5.76. The van der Waals surface area contributed by atoms with Crippen LogP contribution in [0.1, 0.15) is 44.4 Å². The molecule has 1 aromatic carbocycles. The first-order chi connectivity index (χ1) is 10.8. The summed E-state index contributed by atoms with van der Waals surface area (Å²) in [6.45, 7) is 10.8. The Balaban J connectivity index is 2.72. The van der Waals surface area contributed by atoms with Gasteiger partial charge in [0.25, 0.3) is 0 Å². The number of rotatable bonds is 8. The van der Waals surface area contributed by atoms with Crippen molar-refractivity contribution in [2.45, 2.75) is 47.5 Å². The van der Waals surface area contributed by atoms with Gasteiger partial charge in [-0.15, -0.1) is 0 Å². The molecule has 0 aliphatic rings. The number of carbonyl (C=O) groups is 2. The molecule has 0 N–H and O–H groups in total. The molecule has 0 radical (unpaired) electrons. The molecule has 0 heterocycles. The van der Waals surface area contributed by atoms with Crippen molar-refractivity contribution in [3.05, 3.63) is 34.9 Å². The van der Waals surface area contributed by atoms with Gasteiger partial charge in [0.2, 0.25) is 0 Å². The summed E-state index contributed by atoms with van der Waals surface area (Å²) in [5.41, 5.74) is 2.71. The maximum absolute atomic E-state index is 11.9. The largest absolute Gasteiger partial charge is 0.465 e. The summed E-state index contributed by atoms with van der Waals surface area (Å²) in [5, 5.41) is 0. The molecule has 4 heteroatoms. The molecular weight excluding hydrogens is 292 g/mol. The molecule has 0 bridgehead atoms. The average molecular weight is 320 g/mol. The zero-order chi connectivity index (χ0) is 17.4. The fourth-order valence-electron chi connectivity index (χ4n) is 2.02. The van der Waals surface area contributed by atoms with Crippen molar-refractivity contribution in [1.82, 2.24) is 0 Å². The molecule has 1 rings (SSSR count). The summed E-state index contributed by atoms with van der Waals surface area (Å²) in [4.78, 5) is 23.9. The van der Waals surface area contributed by atoms with Gasteiger partial charge in [0.15, 0.2) is 0 Å². The molecule has 0 aromatic heterocycles. The van der Waals surface area contributed by atoms with Crippen LogP contribution in [0, 0.1) is 18.8 Å². The van der Waals surface area contributed by atoms with Crippen LogP contribution in [0.15, 0.2) is 18.2 Å². The zero-order valence-electron chi connectivity index (χ0n) is 14.8. The number of aryl methyl sites for hydroxylation is 1. The fourth-order valence-corrected chi connectivity index (χ4v) is 2.02. The predicted molar refractivity (Wildman–Crippen MR) is 90.2 cm³/mol. The van der Waals surface area contributed by atoms with E-state index in [-0.39, 0.29) is 24.8 Å². The number of ether oxygens (including phenoxy) is 2. The van der Waals surface area contributed by atoms with Gasteiger partial charge in [0, 0.05) is 0 Å². The first kappa shape index (κ1) is 19.2. The van der Waals surface area contributed by atoms with E-state index in [2.05, 4.69) is 0 Å². The van der Waals surface area contributed by atoms with Gasteiger partial charge in [-0.25, -0.2) is 0 Å². The molecule has 128 valence electrons. The molecule has 0 unspecified atom stereocenters. The Hall–Kier alpha value is -1.84. The molecule has 0 spiro atoms. The topological polar surface area (TPSA) is 52.6 Å². The van der Waals surface area contributed by atoms with Crippen molar-refractivity contribution in [1.29, 1.82) is 0 Å². The average Bonchev–Trinajstić information content (AvgIpc) is 2.46. The predicted octanol–water partition coefficient (Wildman–Crippen LogP) is 3.48. The van der Waals surface area contributed by atoms with Crippen molar-refractivity contribution < 1.29 is 19.1 Å². The summed E-state index contributed by atoms with van der Waals surface area (Å²) < 4.78 is 10.5. The van der Waals surface area contributed by atoms with E-state index in [0.29, 0.717) is 25.0 Å². The van der Waals surface area contributed by atoms with E-state index in [0.717, 1.165) is 16.7 Å². The summed E-state index contributed by atoms with van der Waals surface area (Å²) in [6.07, 6.45) is 0.362. The van der Waals surface area contributed by atoms with Gasteiger partial charge in [0.1, 0.15) is 0 Å². The second-order valence-electron chi connectivity index (χ2n) is 6.78. The molecule has 0 saturated heterocycles. The van der Waals surface area contributed by atoms with Gasteiger partial charge < -0.3 is 9.47 Å². The Kier molecular flexibility index (Phi) is 7.79. The molecule has 0 saturated carbocycles. The minimum Gasteiger partial charge on any atom is -0.465 e. The molecule has 0 atom stereocenters. The van der Waals surface area contributed by atoms with Gasteiger partial charge in [0.05, 0.1) is 26.1 Å². The minimum absolute atomic E-state index is 0.180. The smallest absolute Gasteiger partial charge is 0.310 e. The second kappa shape index (κ2) is 9.33. The fraction of sp³-hybridized carbons (Fsp3) is 0.579. The van der Waals surface area contributed by atoms with E-state index in [9.17, 15) is 9.59 Å². The molecule has 0 aliphatic heterocycles. The lowest BCUT2D eigenvalue weighted by Gasteiger charge is -2.12. The van der Waals surface area contributed by atoms with Crippen LogP contribution in [0.4, 0.5) is 0 Å². The number of hydrogen-bond donors (Lipinski definition) is 0. The van der Waals surface area contributed by atoms with Crippen molar-refractivity contribution in [2.75, 3.05) is 13.2 Å². The number of carbonyl (C=O) groups excluding carboxylic acids is 2. The molecule has 23 heavy (non-hydrogen) atoms. The van der Waals surface area contributed by atoms with E-state index in [1.54, 1.807) is 0 Å². The maximum Gasteiger partial charge on any atom is 0.310 e. The standard InChI is InChI=1S/C19H28O4/c1-13(2)11-22-18(20)9-16-7-6-15(5)8-17(16)10-19(21)23-12-14(3)4/h6-8,13-14H,9-12H2,1-5H3. The van der Waals surface area contributed by atoms with Crippen LogP contribution in [0.3, 0.4) is 0 Å². The maximum atomic E-state index is 11.9. The quantitative estimate of drug-likeness (QED) is 0.688. The summed E-state index contributed by atoms with van der Waals surface area (Å²) in [7, 11) is 0. The van der Waals surface area contributed by atoms with Gasteiger partial charge >= 0.3 is 11.9 Å². The van der Waals surface area contributed by atoms with Gasteiger partial charge in [-0.1, -0.05) is 51.5 Å². The highest BCUT2D eigenvalue weighted by atomic mass is 16.5. The lowest BCUT2D eigenvalue weighted by molar-refractivity contribution is -0.145. The molecule has 0 fully saturated rings. The van der Waals surface area contributed by atoms with E-state index < -0.39 is 0 Å². The Morgan fingerprint density at radius 2 is 1.35 bits per heavy atom. The van der Waals surface area contributed by atoms with E-state index >= 15 is 0 Å². The second-order valence-corrected chi connectivity index (χ2v) is 6.78. The lowest BCUT2D eigenvalue weighted by Crippen LogP contribution is -2.16. The normalized spacial score (nSPS) is 10.9. The highest BCUT2D eigenvalue weighted by molar-refractivity contribution is 5.76. The highest BCUT2D eigenvalue weighted by Gasteiger charge is 2.14. The third-order valence-electron chi connectivity index (χ3n) is 3.19. The lowest BCUT2D eigenvalue weighted by atomic mass is 9.99. The van der Waals surface area contributed by atoms with Crippen LogP contribution in [0.5, 0.6) is 0 Å². The van der Waals surface area contributed by atoms with Gasteiger partial charge in [-0.05, 0) is 29.9 Å². The minimum atomic E-state index is -0.264. The Labute approximate surface area is 139 Å². The van der Waals surface area contributed by atoms with Crippen LogP contribution in [-0.2, 0) is 31.9 Å². The Bertz CT molecular complexity index is 532. The molecular formula is C19H28O4. The van der Waals surface area contributed by atoms with Crippen LogP contribution in [0.25, 0.3) is 0 Å². The van der Waals surface area contributed by atoms with Crippen molar-refractivity contribution in [3.63, 3.8) is 0 Å². The molecule has 0 amide bonds. The van der Waals surface area contributed by atoms with Crippen molar-refractivity contribution >= 4 is 11.9 Å². The van der Waals surface area contributed by atoms with Crippen molar-refractivity contribution in [2.24, 2.45) is 11.8 Å². The Morgan fingerprint density at radius 3 is 1.83 bits per heavy atom. The third kappa shape index (κ3) is 7.82. The van der Waals surface area contributed by atoms with E-state index in [1.807, 2.05) is 52.8 Å². The third-order valence-corrected chi connectivity index (χ3v) is 3.19. The summed E-state index contributed by atoms with van der Waals surface area (Å²) >= 11 is 0. The van der Waals surface area contributed by atoms with Gasteiger partial charge in [-0.2, -0.15) is 0 Å². The number of benzene rings is 1. The van der Waals surface area contributed by atoms with Crippen LogP contribution >= 0.6 is 0 Å². The highest BCUT2D eigenvalue weighted by Crippen LogP contribution is 2.15.